The predicted molar refractivity (Wildman–Crippen MR) is 96.9 cm³/mol. The summed E-state index contributed by atoms with van der Waals surface area (Å²) in [5.74, 6) is 1.08. The molecule has 2 aromatic carbocycles. The molecule has 2 N–H and O–H groups in total. The van der Waals surface area contributed by atoms with Crippen molar-refractivity contribution in [2.24, 2.45) is 0 Å². The minimum absolute atomic E-state index is 0.0700. The molecule has 1 fully saturated rings. The van der Waals surface area contributed by atoms with Crippen LogP contribution in [0.25, 0.3) is 10.9 Å². The number of fused-ring (bicyclic) bond motifs is 1. The van der Waals surface area contributed by atoms with Gasteiger partial charge in [0.2, 0.25) is 0 Å². The number of aromatic nitrogens is 1. The Labute approximate surface area is 146 Å². The summed E-state index contributed by atoms with van der Waals surface area (Å²) in [6.45, 7) is 2.26. The van der Waals surface area contributed by atoms with Crippen molar-refractivity contribution in [3.63, 3.8) is 0 Å². The lowest BCUT2D eigenvalue weighted by Gasteiger charge is -2.18. The second-order valence-electron chi connectivity index (χ2n) is 6.42. The lowest BCUT2D eigenvalue weighted by molar-refractivity contribution is 0.199. The third kappa shape index (κ3) is 3.42. The number of halogens is 1. The maximum absolute atomic E-state index is 13.8. The quantitative estimate of drug-likeness (QED) is 0.790. The summed E-state index contributed by atoms with van der Waals surface area (Å²) in [6, 6.07) is 16.5. The van der Waals surface area contributed by atoms with E-state index in [0.29, 0.717) is 12.4 Å². The Morgan fingerprint density at radius 2 is 2.00 bits per heavy atom. The van der Waals surface area contributed by atoms with Crippen LogP contribution in [-0.4, -0.2) is 29.1 Å². The van der Waals surface area contributed by atoms with Gasteiger partial charge in [0.1, 0.15) is 29.0 Å². The number of nitrogen functional groups attached to an aromatic ring is 1. The van der Waals surface area contributed by atoms with Crippen molar-refractivity contribution in [2.45, 2.75) is 19.1 Å². The largest absolute Gasteiger partial charge is 0.487 e. The van der Waals surface area contributed by atoms with Crippen LogP contribution in [0.1, 0.15) is 12.0 Å². The van der Waals surface area contributed by atoms with Gasteiger partial charge >= 0.3 is 0 Å². The SMILES string of the molecule is Nc1ccc2cccc(O[C@H]3CCN(Cc4ccccc4F)C3)c2n1. The molecule has 0 spiro atoms. The maximum Gasteiger partial charge on any atom is 0.146 e. The zero-order valence-corrected chi connectivity index (χ0v) is 13.9. The smallest absolute Gasteiger partial charge is 0.146 e. The molecular formula is C20H20FN3O. The third-order valence-electron chi connectivity index (χ3n) is 4.58. The number of hydrogen-bond acceptors (Lipinski definition) is 4. The fourth-order valence-electron chi connectivity index (χ4n) is 3.31. The summed E-state index contributed by atoms with van der Waals surface area (Å²) in [5, 5.41) is 1.01. The molecule has 4 nitrogen and oxygen atoms in total. The van der Waals surface area contributed by atoms with Gasteiger partial charge in [-0.25, -0.2) is 9.37 Å². The molecule has 1 aliphatic rings. The molecular weight excluding hydrogens is 317 g/mol. The Morgan fingerprint density at radius 1 is 1.12 bits per heavy atom. The monoisotopic (exact) mass is 337 g/mol. The lowest BCUT2D eigenvalue weighted by atomic mass is 10.2. The first-order chi connectivity index (χ1) is 12.2. The molecule has 1 aliphatic heterocycles. The van der Waals surface area contributed by atoms with Crippen LogP contribution < -0.4 is 10.5 Å². The van der Waals surface area contributed by atoms with Gasteiger partial charge in [-0.3, -0.25) is 4.90 Å². The molecule has 128 valence electrons. The average molecular weight is 337 g/mol. The van der Waals surface area contributed by atoms with E-state index in [0.717, 1.165) is 41.7 Å². The van der Waals surface area contributed by atoms with Gasteiger partial charge in [0.25, 0.3) is 0 Å². The Morgan fingerprint density at radius 3 is 2.88 bits per heavy atom. The van der Waals surface area contributed by atoms with Crippen LogP contribution in [0.3, 0.4) is 0 Å². The number of para-hydroxylation sites is 1. The van der Waals surface area contributed by atoms with E-state index in [2.05, 4.69) is 9.88 Å². The lowest BCUT2D eigenvalue weighted by Crippen LogP contribution is -2.25. The predicted octanol–water partition coefficient (Wildman–Crippen LogP) is 3.61. The number of nitrogens with two attached hydrogens (primary N) is 1. The van der Waals surface area contributed by atoms with Crippen molar-refractivity contribution >= 4 is 16.7 Å². The van der Waals surface area contributed by atoms with Crippen LogP contribution in [-0.2, 0) is 6.54 Å². The molecule has 0 bridgehead atoms. The molecule has 4 rings (SSSR count). The number of rotatable bonds is 4. The van der Waals surface area contributed by atoms with Gasteiger partial charge in [-0.05, 0) is 30.7 Å². The standard InChI is InChI=1S/C20H20FN3O/c21-17-6-2-1-4-15(17)12-24-11-10-16(13-24)25-18-7-3-5-14-8-9-19(22)23-20(14)18/h1-9,16H,10-13H2,(H2,22,23)/t16-/m0/s1. The van der Waals surface area contributed by atoms with Gasteiger partial charge in [-0.15, -0.1) is 0 Å². The number of pyridine rings is 1. The molecule has 1 atom stereocenters. The number of nitrogens with zero attached hydrogens (tertiary/aromatic N) is 2. The average Bonchev–Trinajstić information content (AvgIpc) is 3.05. The van der Waals surface area contributed by atoms with Crippen LogP contribution in [0.2, 0.25) is 0 Å². The van der Waals surface area contributed by atoms with Gasteiger partial charge in [0, 0.05) is 30.6 Å². The minimum atomic E-state index is -0.152. The first-order valence-corrected chi connectivity index (χ1v) is 8.47. The Kier molecular flexibility index (Phi) is 4.24. The van der Waals surface area contributed by atoms with Crippen LogP contribution in [0.15, 0.2) is 54.6 Å². The fraction of sp³-hybridized carbons (Fsp3) is 0.250. The fourth-order valence-corrected chi connectivity index (χ4v) is 3.31. The zero-order valence-electron chi connectivity index (χ0n) is 13.9. The topological polar surface area (TPSA) is 51.4 Å². The first kappa shape index (κ1) is 15.8. The molecule has 25 heavy (non-hydrogen) atoms. The third-order valence-corrected chi connectivity index (χ3v) is 4.58. The van der Waals surface area contributed by atoms with Crippen LogP contribution in [0.4, 0.5) is 10.2 Å². The Hall–Kier alpha value is -2.66. The summed E-state index contributed by atoms with van der Waals surface area (Å²) in [7, 11) is 0. The molecule has 1 saturated heterocycles. The van der Waals surface area contributed by atoms with Crippen molar-refractivity contribution in [2.75, 3.05) is 18.8 Å². The molecule has 1 aromatic heterocycles. The highest BCUT2D eigenvalue weighted by Crippen LogP contribution is 2.27. The van der Waals surface area contributed by atoms with E-state index in [-0.39, 0.29) is 11.9 Å². The number of hydrogen-bond donors (Lipinski definition) is 1. The highest BCUT2D eigenvalue weighted by Gasteiger charge is 2.25. The van der Waals surface area contributed by atoms with Gasteiger partial charge < -0.3 is 10.5 Å². The first-order valence-electron chi connectivity index (χ1n) is 8.47. The van der Waals surface area contributed by atoms with E-state index in [1.807, 2.05) is 36.4 Å². The van der Waals surface area contributed by atoms with Crippen LogP contribution in [0.5, 0.6) is 5.75 Å². The number of anilines is 1. The van der Waals surface area contributed by atoms with Crippen LogP contribution in [0, 0.1) is 5.82 Å². The minimum Gasteiger partial charge on any atom is -0.487 e. The number of benzene rings is 2. The normalized spacial score (nSPS) is 17.9. The highest BCUT2D eigenvalue weighted by atomic mass is 19.1. The molecule has 0 aliphatic carbocycles. The molecule has 3 aromatic rings. The Bertz CT molecular complexity index is 899. The van der Waals surface area contributed by atoms with Crippen molar-refractivity contribution in [1.29, 1.82) is 0 Å². The van der Waals surface area contributed by atoms with Crippen LogP contribution >= 0.6 is 0 Å². The second-order valence-corrected chi connectivity index (χ2v) is 6.42. The van der Waals surface area contributed by atoms with E-state index < -0.39 is 0 Å². The maximum atomic E-state index is 13.8. The molecule has 0 saturated carbocycles. The summed E-state index contributed by atoms with van der Waals surface area (Å²) in [4.78, 5) is 6.62. The van der Waals surface area contributed by atoms with Crippen molar-refractivity contribution in [3.05, 3.63) is 66.0 Å². The van der Waals surface area contributed by atoms with Gasteiger partial charge in [-0.2, -0.15) is 0 Å². The summed E-state index contributed by atoms with van der Waals surface area (Å²) < 4.78 is 20.0. The molecule has 0 amide bonds. The highest BCUT2D eigenvalue weighted by molar-refractivity contribution is 5.85. The summed E-state index contributed by atoms with van der Waals surface area (Å²) >= 11 is 0. The Balaban J connectivity index is 1.46. The van der Waals surface area contributed by atoms with Gasteiger partial charge in [-0.1, -0.05) is 30.3 Å². The molecule has 0 unspecified atom stereocenters. The number of likely N-dealkylation sites (tertiary alicyclic amines) is 1. The van der Waals surface area contributed by atoms with Crippen molar-refractivity contribution < 1.29 is 9.13 Å². The van der Waals surface area contributed by atoms with E-state index in [9.17, 15) is 4.39 Å². The van der Waals surface area contributed by atoms with Gasteiger partial charge in [0.15, 0.2) is 0 Å². The molecule has 5 heteroatoms. The summed E-state index contributed by atoms with van der Waals surface area (Å²) in [5.41, 5.74) is 7.32. The number of ether oxygens (including phenoxy) is 1. The molecule has 2 heterocycles. The van der Waals surface area contributed by atoms with E-state index >= 15 is 0 Å². The van der Waals surface area contributed by atoms with E-state index in [1.54, 1.807) is 12.1 Å². The van der Waals surface area contributed by atoms with Gasteiger partial charge in [0.05, 0.1) is 0 Å². The molecule has 0 radical (unpaired) electrons. The van der Waals surface area contributed by atoms with Crippen molar-refractivity contribution in [3.8, 4) is 5.75 Å². The van der Waals surface area contributed by atoms with E-state index in [1.165, 1.54) is 6.07 Å². The van der Waals surface area contributed by atoms with Crippen molar-refractivity contribution in [1.82, 2.24) is 9.88 Å². The summed E-state index contributed by atoms with van der Waals surface area (Å²) in [6.07, 6.45) is 0.980. The second kappa shape index (κ2) is 6.69. The van der Waals surface area contributed by atoms with E-state index in [4.69, 9.17) is 10.5 Å². The zero-order chi connectivity index (χ0) is 17.2.